The Kier molecular flexibility index (Phi) is 5.21. The smallest absolute Gasteiger partial charge is 0.407 e. The van der Waals surface area contributed by atoms with Crippen LogP contribution in [0.5, 0.6) is 0 Å². The van der Waals surface area contributed by atoms with E-state index in [1.807, 2.05) is 18.2 Å². The molecule has 0 spiro atoms. The Balaban J connectivity index is 1.81. The van der Waals surface area contributed by atoms with Crippen LogP contribution in [0.4, 0.5) is 4.79 Å². The Morgan fingerprint density at radius 3 is 2.84 bits per heavy atom. The summed E-state index contributed by atoms with van der Waals surface area (Å²) >= 11 is 0. The molecule has 0 bridgehead atoms. The van der Waals surface area contributed by atoms with Crippen LogP contribution < -0.4 is 5.32 Å². The molecule has 1 fully saturated rings. The molecule has 1 amide bonds. The summed E-state index contributed by atoms with van der Waals surface area (Å²) in [4.78, 5) is 11.7. The van der Waals surface area contributed by atoms with Gasteiger partial charge in [0.25, 0.3) is 0 Å². The minimum absolute atomic E-state index is 0.00322. The van der Waals surface area contributed by atoms with E-state index in [1.54, 1.807) is 0 Å². The molecule has 1 aliphatic rings. The summed E-state index contributed by atoms with van der Waals surface area (Å²) in [6, 6.07) is 10.1. The highest BCUT2D eigenvalue weighted by Gasteiger charge is 2.34. The van der Waals surface area contributed by atoms with Crippen LogP contribution in [-0.2, 0) is 15.9 Å². The number of alkyl carbamates (subject to hydrolysis) is 1. The molecule has 2 unspecified atom stereocenters. The summed E-state index contributed by atoms with van der Waals surface area (Å²) in [6.45, 7) is 3.26. The second-order valence-corrected chi connectivity index (χ2v) is 4.80. The average Bonchev–Trinajstić information content (AvgIpc) is 3.24. The Morgan fingerprint density at radius 2 is 2.21 bits per heavy atom. The molecule has 4 nitrogen and oxygen atoms in total. The number of amides is 1. The van der Waals surface area contributed by atoms with Gasteiger partial charge in [0, 0.05) is 0 Å². The highest BCUT2D eigenvalue weighted by atomic mass is 16.6. The lowest BCUT2D eigenvalue weighted by Gasteiger charge is -2.16. The van der Waals surface area contributed by atoms with Gasteiger partial charge in [-0.1, -0.05) is 43.7 Å². The van der Waals surface area contributed by atoms with E-state index in [1.165, 1.54) is 5.56 Å². The van der Waals surface area contributed by atoms with Crippen molar-refractivity contribution in [2.24, 2.45) is 0 Å². The van der Waals surface area contributed by atoms with Crippen LogP contribution in [0, 0.1) is 0 Å². The Bertz CT molecular complexity index is 390. The van der Waals surface area contributed by atoms with Gasteiger partial charge in [0.1, 0.15) is 6.10 Å². The first-order valence-corrected chi connectivity index (χ1v) is 6.88. The minimum Gasteiger partial charge on any atom is -0.450 e. The normalized spacial score (nSPS) is 18.7. The largest absolute Gasteiger partial charge is 0.450 e. The third-order valence-corrected chi connectivity index (χ3v) is 3.14. The maximum atomic E-state index is 11.7. The Morgan fingerprint density at radius 1 is 1.47 bits per heavy atom. The zero-order chi connectivity index (χ0) is 13.5. The van der Waals surface area contributed by atoms with E-state index in [-0.39, 0.29) is 18.2 Å². The number of hydrogen-bond acceptors (Lipinski definition) is 3. The first-order chi connectivity index (χ1) is 9.29. The van der Waals surface area contributed by atoms with Gasteiger partial charge < -0.3 is 14.8 Å². The highest BCUT2D eigenvalue weighted by molar-refractivity contribution is 5.67. The van der Waals surface area contributed by atoms with Gasteiger partial charge in [0.15, 0.2) is 0 Å². The van der Waals surface area contributed by atoms with Gasteiger partial charge in [0.2, 0.25) is 0 Å². The van der Waals surface area contributed by atoms with Gasteiger partial charge in [-0.05, 0) is 18.4 Å². The molecule has 0 radical (unpaired) electrons. The SMILES string of the molecule is CCCCOC(=O)NC(Cc1ccccc1)C1CO1. The maximum Gasteiger partial charge on any atom is 0.407 e. The number of rotatable bonds is 7. The molecule has 104 valence electrons. The number of hydrogen-bond donors (Lipinski definition) is 1. The van der Waals surface area contributed by atoms with Gasteiger partial charge in [-0.3, -0.25) is 0 Å². The molecule has 1 aliphatic heterocycles. The summed E-state index contributed by atoms with van der Waals surface area (Å²) in [5.74, 6) is 0. The van der Waals surface area contributed by atoms with Crippen LogP contribution in [0.1, 0.15) is 25.3 Å². The monoisotopic (exact) mass is 263 g/mol. The lowest BCUT2D eigenvalue weighted by atomic mass is 10.0. The van der Waals surface area contributed by atoms with E-state index in [0.29, 0.717) is 13.2 Å². The molecule has 0 saturated carbocycles. The summed E-state index contributed by atoms with van der Waals surface area (Å²) in [7, 11) is 0. The fourth-order valence-electron chi connectivity index (χ4n) is 1.93. The summed E-state index contributed by atoms with van der Waals surface area (Å²) in [5, 5.41) is 2.90. The van der Waals surface area contributed by atoms with E-state index in [0.717, 1.165) is 19.3 Å². The van der Waals surface area contributed by atoms with Crippen LogP contribution in [0.2, 0.25) is 0 Å². The van der Waals surface area contributed by atoms with Gasteiger partial charge in [0.05, 0.1) is 19.3 Å². The van der Waals surface area contributed by atoms with E-state index >= 15 is 0 Å². The molecule has 1 heterocycles. The molecule has 1 N–H and O–H groups in total. The first-order valence-electron chi connectivity index (χ1n) is 6.88. The number of carbonyl (C=O) groups excluding carboxylic acids is 1. The maximum absolute atomic E-state index is 11.7. The van der Waals surface area contributed by atoms with Crippen molar-refractivity contribution in [2.75, 3.05) is 13.2 Å². The first kappa shape index (κ1) is 13.9. The van der Waals surface area contributed by atoms with Crippen molar-refractivity contribution in [3.63, 3.8) is 0 Å². The number of unbranched alkanes of at least 4 members (excludes halogenated alkanes) is 1. The fourth-order valence-corrected chi connectivity index (χ4v) is 1.93. The van der Waals surface area contributed by atoms with Crippen molar-refractivity contribution < 1.29 is 14.3 Å². The predicted octanol–water partition coefficient (Wildman–Crippen LogP) is 2.52. The van der Waals surface area contributed by atoms with Crippen LogP contribution >= 0.6 is 0 Å². The van der Waals surface area contributed by atoms with Crippen molar-refractivity contribution in [1.29, 1.82) is 0 Å². The van der Waals surface area contributed by atoms with Gasteiger partial charge in [-0.15, -0.1) is 0 Å². The van der Waals surface area contributed by atoms with Crippen LogP contribution in [-0.4, -0.2) is 31.5 Å². The lowest BCUT2D eigenvalue weighted by molar-refractivity contribution is 0.138. The standard InChI is InChI=1S/C15H21NO3/c1-2-3-9-18-15(17)16-13(14-11-19-14)10-12-7-5-4-6-8-12/h4-8,13-14H,2-3,9-11H2,1H3,(H,16,17). The quantitative estimate of drug-likeness (QED) is 0.607. The molecule has 2 rings (SSSR count). The summed E-state index contributed by atoms with van der Waals surface area (Å²) in [6.07, 6.45) is 2.47. The number of carbonyl (C=O) groups is 1. The third kappa shape index (κ3) is 4.91. The molecular formula is C15H21NO3. The lowest BCUT2D eigenvalue weighted by Crippen LogP contribution is -2.40. The number of epoxide rings is 1. The van der Waals surface area contributed by atoms with Crippen LogP contribution in [0.3, 0.4) is 0 Å². The summed E-state index contributed by atoms with van der Waals surface area (Å²) in [5.41, 5.74) is 1.19. The van der Waals surface area contributed by atoms with Gasteiger partial charge in [-0.2, -0.15) is 0 Å². The minimum atomic E-state index is -0.343. The van der Waals surface area contributed by atoms with Crippen molar-refractivity contribution in [1.82, 2.24) is 5.32 Å². The van der Waals surface area contributed by atoms with Crippen LogP contribution in [0.15, 0.2) is 30.3 Å². The van der Waals surface area contributed by atoms with Crippen molar-refractivity contribution in [3.05, 3.63) is 35.9 Å². The summed E-state index contributed by atoms with van der Waals surface area (Å²) < 4.78 is 10.4. The number of ether oxygens (including phenoxy) is 2. The van der Waals surface area contributed by atoms with E-state index in [9.17, 15) is 4.79 Å². The van der Waals surface area contributed by atoms with Crippen molar-refractivity contribution in [2.45, 2.75) is 38.3 Å². The molecule has 1 aromatic carbocycles. The molecule has 4 heteroatoms. The second kappa shape index (κ2) is 7.14. The Hall–Kier alpha value is -1.55. The number of benzene rings is 1. The zero-order valence-corrected chi connectivity index (χ0v) is 11.3. The fraction of sp³-hybridized carbons (Fsp3) is 0.533. The zero-order valence-electron chi connectivity index (χ0n) is 11.3. The van der Waals surface area contributed by atoms with Gasteiger partial charge >= 0.3 is 6.09 Å². The van der Waals surface area contributed by atoms with Crippen molar-refractivity contribution in [3.8, 4) is 0 Å². The second-order valence-electron chi connectivity index (χ2n) is 4.80. The molecule has 0 aliphatic carbocycles. The molecule has 1 saturated heterocycles. The van der Waals surface area contributed by atoms with E-state index in [2.05, 4.69) is 24.4 Å². The molecule has 0 aromatic heterocycles. The molecular weight excluding hydrogens is 242 g/mol. The number of nitrogens with one attached hydrogen (secondary N) is 1. The van der Waals surface area contributed by atoms with Crippen molar-refractivity contribution >= 4 is 6.09 Å². The Labute approximate surface area is 114 Å². The highest BCUT2D eigenvalue weighted by Crippen LogP contribution is 2.18. The van der Waals surface area contributed by atoms with E-state index in [4.69, 9.17) is 9.47 Å². The molecule has 2 atom stereocenters. The third-order valence-electron chi connectivity index (χ3n) is 3.14. The topological polar surface area (TPSA) is 50.9 Å². The average molecular weight is 263 g/mol. The molecule has 19 heavy (non-hydrogen) atoms. The molecule has 1 aromatic rings. The van der Waals surface area contributed by atoms with Crippen LogP contribution in [0.25, 0.3) is 0 Å². The predicted molar refractivity (Wildman–Crippen MR) is 73.1 cm³/mol. The van der Waals surface area contributed by atoms with Gasteiger partial charge in [-0.25, -0.2) is 4.79 Å². The van der Waals surface area contributed by atoms with E-state index < -0.39 is 0 Å².